The molecule has 3 heterocycles. The van der Waals surface area contributed by atoms with Crippen molar-refractivity contribution in [3.05, 3.63) is 82.0 Å². The molecule has 0 spiro atoms. The van der Waals surface area contributed by atoms with Gasteiger partial charge in [-0.1, -0.05) is 23.9 Å². The van der Waals surface area contributed by atoms with E-state index in [0.29, 0.717) is 46.4 Å². The van der Waals surface area contributed by atoms with Crippen LogP contribution in [-0.2, 0) is 24.3 Å². The van der Waals surface area contributed by atoms with E-state index in [2.05, 4.69) is 0 Å². The minimum atomic E-state index is -0.158. The maximum absolute atomic E-state index is 13.2. The largest absolute Gasteiger partial charge is 0.493 e. The summed E-state index contributed by atoms with van der Waals surface area (Å²) in [6.45, 7) is 1.37. The van der Waals surface area contributed by atoms with Crippen molar-refractivity contribution in [2.45, 2.75) is 24.7 Å². The van der Waals surface area contributed by atoms with Gasteiger partial charge in [0.2, 0.25) is 5.91 Å². The number of hydrogen-bond donors (Lipinski definition) is 0. The number of methoxy groups -OCH3 is 2. The first-order valence-corrected chi connectivity index (χ1v) is 12.2. The fourth-order valence-electron chi connectivity index (χ4n) is 4.27. The number of rotatable bonds is 7. The number of furan rings is 1. The fourth-order valence-corrected chi connectivity index (χ4v) is 5.17. The predicted octanol–water partition coefficient (Wildman–Crippen LogP) is 3.73. The van der Waals surface area contributed by atoms with Crippen molar-refractivity contribution in [2.24, 2.45) is 0 Å². The summed E-state index contributed by atoms with van der Waals surface area (Å²) >= 11 is 1.27. The van der Waals surface area contributed by atoms with E-state index in [4.69, 9.17) is 18.9 Å². The molecule has 1 aliphatic heterocycles. The van der Waals surface area contributed by atoms with Crippen LogP contribution in [0.4, 0.5) is 0 Å². The molecule has 0 radical (unpaired) electrons. The van der Waals surface area contributed by atoms with Gasteiger partial charge in [-0.05, 0) is 53.9 Å². The highest BCUT2D eigenvalue weighted by Crippen LogP contribution is 2.33. The maximum Gasteiger partial charge on any atom is 0.262 e. The van der Waals surface area contributed by atoms with E-state index in [1.54, 1.807) is 37.2 Å². The molecular weight excluding hydrogens is 466 g/mol. The molecule has 0 fully saturated rings. The lowest BCUT2D eigenvalue weighted by molar-refractivity contribution is -0.129. The molecule has 0 saturated heterocycles. The third-order valence-electron chi connectivity index (χ3n) is 6.12. The molecule has 5 rings (SSSR count). The molecule has 0 bridgehead atoms. The van der Waals surface area contributed by atoms with Gasteiger partial charge in [0.25, 0.3) is 5.56 Å². The van der Waals surface area contributed by atoms with Crippen LogP contribution in [0.2, 0.25) is 0 Å². The summed E-state index contributed by atoms with van der Waals surface area (Å²) in [6, 6.07) is 14.8. The average molecular weight is 492 g/mol. The van der Waals surface area contributed by atoms with Crippen LogP contribution >= 0.6 is 11.8 Å². The van der Waals surface area contributed by atoms with Crippen molar-refractivity contribution in [3.8, 4) is 11.5 Å². The number of benzene rings is 2. The van der Waals surface area contributed by atoms with E-state index in [0.717, 1.165) is 17.5 Å². The summed E-state index contributed by atoms with van der Waals surface area (Å²) in [4.78, 5) is 32.9. The molecule has 2 aromatic heterocycles. The van der Waals surface area contributed by atoms with Crippen molar-refractivity contribution in [2.75, 3.05) is 26.5 Å². The quantitative estimate of drug-likeness (QED) is 0.288. The van der Waals surface area contributed by atoms with Crippen molar-refractivity contribution in [1.82, 2.24) is 14.5 Å². The number of para-hydroxylation sites is 1. The molecule has 0 saturated carbocycles. The van der Waals surface area contributed by atoms with E-state index in [1.165, 1.54) is 11.8 Å². The topological polar surface area (TPSA) is 86.8 Å². The highest BCUT2D eigenvalue weighted by molar-refractivity contribution is 7.99. The first kappa shape index (κ1) is 23.0. The monoisotopic (exact) mass is 491 g/mol. The number of aromatic nitrogens is 2. The third kappa shape index (κ3) is 4.64. The molecule has 1 amide bonds. The van der Waals surface area contributed by atoms with E-state index >= 15 is 0 Å². The zero-order chi connectivity index (χ0) is 24.4. The molecule has 180 valence electrons. The molecule has 0 N–H and O–H groups in total. The number of thioether (sulfide) groups is 1. The molecule has 9 heteroatoms. The van der Waals surface area contributed by atoms with Crippen molar-refractivity contribution < 1.29 is 18.7 Å². The van der Waals surface area contributed by atoms with Gasteiger partial charge in [0.1, 0.15) is 5.76 Å². The summed E-state index contributed by atoms with van der Waals surface area (Å²) in [6.07, 6.45) is 2.31. The summed E-state index contributed by atoms with van der Waals surface area (Å²) < 4.78 is 17.9. The fraction of sp³-hybridized carbons (Fsp3) is 0.269. The van der Waals surface area contributed by atoms with Gasteiger partial charge in [-0.25, -0.2) is 4.98 Å². The first-order valence-electron chi connectivity index (χ1n) is 11.2. The van der Waals surface area contributed by atoms with E-state index in [-0.39, 0.29) is 23.8 Å². The summed E-state index contributed by atoms with van der Waals surface area (Å²) in [5, 5.41) is 1.02. The Hall–Kier alpha value is -3.72. The molecule has 0 aliphatic carbocycles. The smallest absolute Gasteiger partial charge is 0.262 e. The third-order valence-corrected chi connectivity index (χ3v) is 7.08. The Kier molecular flexibility index (Phi) is 6.50. The van der Waals surface area contributed by atoms with Crippen molar-refractivity contribution >= 4 is 28.6 Å². The Morgan fingerprint density at radius 3 is 2.60 bits per heavy atom. The highest BCUT2D eigenvalue weighted by atomic mass is 32.2. The van der Waals surface area contributed by atoms with Crippen LogP contribution < -0.4 is 15.0 Å². The summed E-state index contributed by atoms with van der Waals surface area (Å²) in [7, 11) is 3.22. The Labute approximate surface area is 206 Å². The van der Waals surface area contributed by atoms with E-state index in [9.17, 15) is 9.59 Å². The van der Waals surface area contributed by atoms with E-state index < -0.39 is 0 Å². The molecular formula is C26H25N3O5S. The van der Waals surface area contributed by atoms with Crippen LogP contribution in [0.15, 0.2) is 69.2 Å². The normalized spacial score (nSPS) is 13.0. The zero-order valence-corrected chi connectivity index (χ0v) is 20.3. The van der Waals surface area contributed by atoms with Gasteiger partial charge < -0.3 is 18.8 Å². The second-order valence-electron chi connectivity index (χ2n) is 8.21. The Bertz CT molecular complexity index is 1430. The molecule has 0 atom stereocenters. The number of carbonyl (C=O) groups is 1. The van der Waals surface area contributed by atoms with Crippen LogP contribution in [0, 0.1) is 0 Å². The first-order chi connectivity index (χ1) is 17.1. The second-order valence-corrected chi connectivity index (χ2v) is 9.15. The number of ether oxygens (including phenoxy) is 2. The molecule has 35 heavy (non-hydrogen) atoms. The minimum absolute atomic E-state index is 0.0117. The minimum Gasteiger partial charge on any atom is -0.493 e. The lowest BCUT2D eigenvalue weighted by Crippen LogP contribution is -2.37. The lowest BCUT2D eigenvalue weighted by Gasteiger charge is -2.29. The van der Waals surface area contributed by atoms with Crippen LogP contribution in [0.1, 0.15) is 16.9 Å². The SMILES string of the molecule is COc1cc2c(cc1OC)CN(C(=O)CSc1nc3ccccc3c(=O)n1Cc1ccco1)CC2. The van der Waals surface area contributed by atoms with Crippen molar-refractivity contribution in [1.29, 1.82) is 0 Å². The highest BCUT2D eigenvalue weighted by Gasteiger charge is 2.24. The van der Waals surface area contributed by atoms with Crippen molar-refractivity contribution in [3.63, 3.8) is 0 Å². The van der Waals surface area contributed by atoms with E-state index in [1.807, 2.05) is 41.3 Å². The number of nitrogens with zero attached hydrogens (tertiary/aromatic N) is 3. The van der Waals surface area contributed by atoms with Gasteiger partial charge in [-0.3, -0.25) is 14.2 Å². The summed E-state index contributed by atoms with van der Waals surface area (Å²) in [5.74, 6) is 2.15. The maximum atomic E-state index is 13.2. The van der Waals surface area contributed by atoms with Gasteiger partial charge in [0.15, 0.2) is 16.7 Å². The molecule has 2 aromatic carbocycles. The van der Waals surface area contributed by atoms with Gasteiger partial charge >= 0.3 is 0 Å². The number of fused-ring (bicyclic) bond motifs is 2. The Morgan fingerprint density at radius 1 is 1.09 bits per heavy atom. The second kappa shape index (κ2) is 9.87. The Morgan fingerprint density at radius 2 is 1.86 bits per heavy atom. The van der Waals surface area contributed by atoms with Gasteiger partial charge in [-0.15, -0.1) is 0 Å². The molecule has 1 aliphatic rings. The number of carbonyl (C=O) groups excluding carboxylic acids is 1. The van der Waals surface area contributed by atoms with Gasteiger partial charge in [-0.2, -0.15) is 0 Å². The van der Waals surface area contributed by atoms with Crippen LogP contribution in [0.25, 0.3) is 10.9 Å². The molecule has 8 nitrogen and oxygen atoms in total. The van der Waals surface area contributed by atoms with Crippen LogP contribution in [0.3, 0.4) is 0 Å². The van der Waals surface area contributed by atoms with Gasteiger partial charge in [0, 0.05) is 13.1 Å². The predicted molar refractivity (Wildman–Crippen MR) is 133 cm³/mol. The Balaban J connectivity index is 1.36. The zero-order valence-electron chi connectivity index (χ0n) is 19.5. The standard InChI is InChI=1S/C26H25N3O5S/c1-32-22-12-17-9-10-28(14-18(17)13-23(22)33-2)24(30)16-35-26-27-21-8-4-3-7-20(21)25(31)29(26)15-19-6-5-11-34-19/h3-8,11-13H,9-10,14-16H2,1-2H3. The summed E-state index contributed by atoms with van der Waals surface area (Å²) in [5.41, 5.74) is 2.65. The average Bonchev–Trinajstić information content (AvgIpc) is 3.41. The number of hydrogen-bond acceptors (Lipinski definition) is 7. The lowest BCUT2D eigenvalue weighted by atomic mass is 9.99. The number of amides is 1. The van der Waals surface area contributed by atoms with Crippen LogP contribution in [0.5, 0.6) is 11.5 Å². The molecule has 0 unspecified atom stereocenters. The molecule has 4 aromatic rings. The van der Waals surface area contributed by atoms with Crippen LogP contribution in [-0.4, -0.2) is 46.9 Å². The van der Waals surface area contributed by atoms with Gasteiger partial charge in [0.05, 0.1) is 43.7 Å².